The van der Waals surface area contributed by atoms with Crippen LogP contribution in [0.5, 0.6) is 11.5 Å². The molecule has 1 saturated carbocycles. The third-order valence-corrected chi connectivity index (χ3v) is 16.3. The molecule has 1 aromatic rings. The lowest BCUT2D eigenvalue weighted by Gasteiger charge is -2.60. The van der Waals surface area contributed by atoms with Crippen molar-refractivity contribution in [1.29, 1.82) is 0 Å². The minimum Gasteiger partial charge on any atom is -0.500 e. The first-order valence-electron chi connectivity index (χ1n) is 16.4. The summed E-state index contributed by atoms with van der Waals surface area (Å²) in [5, 5.41) is 0. The largest absolute Gasteiger partial charge is 0.500 e. The fourth-order valence-electron chi connectivity index (χ4n) is 8.49. The molecule has 0 aromatic heterocycles. The normalized spacial score (nSPS) is 24.1. The maximum absolute atomic E-state index is 15.0. The molecule has 0 spiro atoms. The number of ether oxygens (including phenoxy) is 7. The molecule has 2 aliphatic carbocycles. The van der Waals surface area contributed by atoms with Crippen LogP contribution in [0.2, 0.25) is 16.6 Å². The summed E-state index contributed by atoms with van der Waals surface area (Å²) in [5.41, 5.74) is -1.28. The van der Waals surface area contributed by atoms with Crippen molar-refractivity contribution in [1.82, 2.24) is 0 Å². The van der Waals surface area contributed by atoms with Gasteiger partial charge in [-0.2, -0.15) is 0 Å². The Morgan fingerprint density at radius 3 is 1.83 bits per heavy atom. The summed E-state index contributed by atoms with van der Waals surface area (Å²) in [4.78, 5) is 43.0. The van der Waals surface area contributed by atoms with Crippen LogP contribution in [0, 0.1) is 11.3 Å². The van der Waals surface area contributed by atoms with Crippen LogP contribution in [0.15, 0.2) is 29.5 Å². The van der Waals surface area contributed by atoms with E-state index in [-0.39, 0.29) is 47.6 Å². The zero-order valence-corrected chi connectivity index (χ0v) is 31.3. The number of carbonyl (C=O) groups is 3. The van der Waals surface area contributed by atoms with Crippen molar-refractivity contribution >= 4 is 26.0 Å². The Kier molecular flexibility index (Phi) is 12.4. The molecule has 0 radical (unpaired) electrons. The summed E-state index contributed by atoms with van der Waals surface area (Å²) in [6.45, 7) is 16.3. The lowest BCUT2D eigenvalue weighted by molar-refractivity contribution is -0.319. The van der Waals surface area contributed by atoms with Crippen LogP contribution in [0.4, 0.5) is 0 Å². The molecule has 11 nitrogen and oxygen atoms in total. The molecule has 0 unspecified atom stereocenters. The highest BCUT2D eigenvalue weighted by atomic mass is 28.4. The van der Waals surface area contributed by atoms with Crippen molar-refractivity contribution in [3.8, 4) is 11.5 Å². The fraction of sp³-hybridized carbons (Fsp3) is 0.686. The minimum absolute atomic E-state index is 0.000488. The van der Waals surface area contributed by atoms with Gasteiger partial charge in [0.15, 0.2) is 22.7 Å². The molecule has 2 bridgehead atoms. The van der Waals surface area contributed by atoms with Crippen molar-refractivity contribution in [2.75, 3.05) is 48.8 Å². The Balaban J connectivity index is 2.61. The van der Waals surface area contributed by atoms with Crippen LogP contribution in [0.3, 0.4) is 0 Å². The van der Waals surface area contributed by atoms with E-state index in [4.69, 9.17) is 37.6 Å². The summed E-state index contributed by atoms with van der Waals surface area (Å²) < 4.78 is 48.3. The molecule has 3 rings (SSSR count). The van der Waals surface area contributed by atoms with E-state index in [1.165, 1.54) is 21.3 Å². The highest BCUT2D eigenvalue weighted by Gasteiger charge is 2.78. The topological polar surface area (TPSA) is 125 Å². The summed E-state index contributed by atoms with van der Waals surface area (Å²) >= 11 is 0. The van der Waals surface area contributed by atoms with Gasteiger partial charge in [-0.25, -0.2) is 4.79 Å². The Bertz CT molecular complexity index is 1310. The summed E-state index contributed by atoms with van der Waals surface area (Å²) in [6.07, 6.45) is -0.944. The first-order chi connectivity index (χ1) is 22.2. The molecule has 12 heteroatoms. The van der Waals surface area contributed by atoms with Crippen LogP contribution < -0.4 is 9.47 Å². The average molecular weight is 679 g/mol. The van der Waals surface area contributed by atoms with Gasteiger partial charge in [0.25, 0.3) is 0 Å². The smallest absolute Gasteiger partial charge is 0.345 e. The molecule has 0 heterocycles. The second kappa shape index (κ2) is 15.1. The molecule has 0 aliphatic heterocycles. The SMILES string of the molecule is CCOC(=O)C1=C(OC)[C@H]2[C@H](c3ccc(OC)c(OC)c3)[C@@H](O[Si](C(C)C)(C(C)C)C(C)C)C[C@@](C(=O)OCC)(C1=O)C2(OC)OC. The predicted molar refractivity (Wildman–Crippen MR) is 178 cm³/mol. The number of methoxy groups -OCH3 is 5. The van der Waals surface area contributed by atoms with E-state index in [2.05, 4.69) is 41.5 Å². The molecule has 0 amide bonds. The van der Waals surface area contributed by atoms with Gasteiger partial charge in [0.1, 0.15) is 11.3 Å². The van der Waals surface area contributed by atoms with Crippen LogP contribution in [0.1, 0.15) is 73.3 Å². The maximum Gasteiger partial charge on any atom is 0.345 e. The number of fused-ring (bicyclic) bond motifs is 2. The molecule has 1 aromatic carbocycles. The van der Waals surface area contributed by atoms with E-state index in [9.17, 15) is 14.4 Å². The maximum atomic E-state index is 15.0. The first kappa shape index (κ1) is 38.5. The number of hydrogen-bond acceptors (Lipinski definition) is 11. The number of hydrogen-bond donors (Lipinski definition) is 0. The van der Waals surface area contributed by atoms with Crippen LogP contribution >= 0.6 is 0 Å². The van der Waals surface area contributed by atoms with Gasteiger partial charge in [0.2, 0.25) is 14.1 Å². The third-order valence-electron chi connectivity index (χ3n) is 10.2. The average Bonchev–Trinajstić information content (AvgIpc) is 3.03. The highest BCUT2D eigenvalue weighted by molar-refractivity contribution is 6.77. The number of esters is 2. The quantitative estimate of drug-likeness (QED) is 0.0718. The molecular weight excluding hydrogens is 624 g/mol. The highest BCUT2D eigenvalue weighted by Crippen LogP contribution is 2.64. The monoisotopic (exact) mass is 678 g/mol. The van der Waals surface area contributed by atoms with Crippen LogP contribution in [-0.4, -0.2) is 86.7 Å². The Hall–Kier alpha value is -2.93. The molecule has 0 saturated heterocycles. The van der Waals surface area contributed by atoms with Gasteiger partial charge >= 0.3 is 11.9 Å². The standard InChI is InChI=1S/C35H54O11Si/c1-14-44-32(37)28-30(41-11)29-27(23-16-17-24(39-9)25(18-23)40-10)26(46-47(20(3)4,21(5)6)22(7)8)19-34(31(28)36,33(38)45-15-2)35(29,42-12)43-13/h16-18,20-22,26-27,29H,14-15,19H2,1-13H3/t26-,27+,29+,34-/m0/s1. The van der Waals surface area contributed by atoms with E-state index in [1.54, 1.807) is 34.1 Å². The zero-order chi connectivity index (χ0) is 35.5. The van der Waals surface area contributed by atoms with Crippen LogP contribution in [-0.2, 0) is 42.5 Å². The van der Waals surface area contributed by atoms with Gasteiger partial charge in [-0.3, -0.25) is 9.59 Å². The van der Waals surface area contributed by atoms with Crippen molar-refractivity contribution in [2.45, 2.75) is 96.2 Å². The fourth-order valence-corrected chi connectivity index (χ4v) is 14.1. The molecule has 4 atom stereocenters. The van der Waals surface area contributed by atoms with Gasteiger partial charge in [-0.15, -0.1) is 0 Å². The van der Waals surface area contributed by atoms with E-state index in [0.717, 1.165) is 5.56 Å². The molecule has 1 fully saturated rings. The summed E-state index contributed by atoms with van der Waals surface area (Å²) in [7, 11) is 4.54. The number of benzene rings is 1. The Morgan fingerprint density at radius 2 is 1.38 bits per heavy atom. The zero-order valence-electron chi connectivity index (χ0n) is 30.3. The minimum atomic E-state index is -2.69. The van der Waals surface area contributed by atoms with Gasteiger partial charge in [-0.1, -0.05) is 47.6 Å². The van der Waals surface area contributed by atoms with Crippen molar-refractivity contribution in [3.63, 3.8) is 0 Å². The van der Waals surface area contributed by atoms with Gasteiger partial charge < -0.3 is 37.6 Å². The Labute approximate surface area is 280 Å². The summed E-state index contributed by atoms with van der Waals surface area (Å²) in [5.74, 6) is -5.37. The number of ketones is 1. The van der Waals surface area contributed by atoms with E-state index >= 15 is 0 Å². The second-order valence-corrected chi connectivity index (χ2v) is 18.4. The molecule has 264 valence electrons. The van der Waals surface area contributed by atoms with Crippen molar-refractivity contribution in [2.24, 2.45) is 11.3 Å². The number of Topliss-reactive ketones (excluding diaryl/α,β-unsaturated/α-hetero) is 1. The predicted octanol–water partition coefficient (Wildman–Crippen LogP) is 5.95. The van der Waals surface area contributed by atoms with Crippen molar-refractivity contribution in [3.05, 3.63) is 35.1 Å². The van der Waals surface area contributed by atoms with Gasteiger partial charge in [-0.05, 0) is 48.2 Å². The lowest BCUT2D eigenvalue weighted by Crippen LogP contribution is -2.73. The van der Waals surface area contributed by atoms with E-state index in [1.807, 2.05) is 12.1 Å². The number of carbonyl (C=O) groups excluding carboxylic acids is 3. The van der Waals surface area contributed by atoms with E-state index in [0.29, 0.717) is 11.5 Å². The van der Waals surface area contributed by atoms with Crippen LogP contribution in [0.25, 0.3) is 0 Å². The first-order valence-corrected chi connectivity index (χ1v) is 18.5. The second-order valence-electron chi connectivity index (χ2n) is 13.0. The molecule has 2 aliphatic rings. The molecule has 47 heavy (non-hydrogen) atoms. The Morgan fingerprint density at radius 1 is 0.830 bits per heavy atom. The molecular formula is C35H54O11Si. The van der Waals surface area contributed by atoms with Gasteiger partial charge in [0.05, 0.1) is 46.6 Å². The van der Waals surface area contributed by atoms with Crippen molar-refractivity contribution < 1.29 is 52.0 Å². The number of rotatable bonds is 15. The van der Waals surface area contributed by atoms with E-state index < -0.39 is 55.2 Å². The lowest BCUT2D eigenvalue weighted by atomic mass is 9.51. The van der Waals surface area contributed by atoms with Gasteiger partial charge in [0, 0.05) is 26.6 Å². The third kappa shape index (κ3) is 5.89. The summed E-state index contributed by atoms with van der Waals surface area (Å²) in [6, 6.07) is 5.51. The molecule has 0 N–H and O–H groups in total.